The van der Waals surface area contributed by atoms with Crippen molar-refractivity contribution in [3.8, 4) is 5.75 Å². The van der Waals surface area contributed by atoms with E-state index in [9.17, 15) is 20.1 Å². The Morgan fingerprint density at radius 3 is 2.45 bits per heavy atom. The van der Waals surface area contributed by atoms with Crippen molar-refractivity contribution in [2.45, 2.75) is 189 Å². The molecular weight excluding hydrogens is 1040 g/mol. The lowest BCUT2D eigenvalue weighted by Gasteiger charge is -2.57. The Kier molecular flexibility index (Phi) is 15.7. The standard InChI is InChI=1S/C72H84O11/c1-44(41-74)55-25-19-45-17-20-46(21-18-45)56-26-23-50(49-12-9-15-54(38-49)71-33-6-5-14-53(71)24-22-47-11-3-4-16-59(47)71)37-52(56)39-62(76)80-66-64-61(28-27-57-58(42-75)63(69(78)81-65(57)64)51(30-36-73)43-79-2)83-72(67(66)82-68(55)77)34-10-13-48-29-35-70(40-60(48)72)31-7-8-32-70/h3-4,9-13,15-18,20-21,27-28,38,48,50-53,56,60,66-67,73-75H,5-8,14,19,22-26,29-37,39-43H2,1-2H3/b55-44-/t48-,50-,51-,52+,53-,56-,60-,66-,67+,71-,72+/m1/s1. The molecule has 3 aliphatic heterocycles. The Balaban J connectivity index is 0.950. The summed E-state index contributed by atoms with van der Waals surface area (Å²) in [6, 6.07) is 31.1. The zero-order valence-corrected chi connectivity index (χ0v) is 48.7. The van der Waals surface area contributed by atoms with Gasteiger partial charge in [0.15, 0.2) is 17.8 Å². The summed E-state index contributed by atoms with van der Waals surface area (Å²) in [4.78, 5) is 46.0. The maximum absolute atomic E-state index is 15.9. The van der Waals surface area contributed by atoms with Gasteiger partial charge < -0.3 is 38.7 Å². The van der Waals surface area contributed by atoms with Crippen molar-refractivity contribution in [2.75, 3.05) is 26.9 Å². The molecule has 11 atom stereocenters. The maximum atomic E-state index is 15.9. The molecule has 11 heteroatoms. The zero-order chi connectivity index (χ0) is 57.0. The molecule has 5 aromatic rings. The number of hydrogen-bond donors (Lipinski definition) is 3. The minimum absolute atomic E-state index is 0.0180. The van der Waals surface area contributed by atoms with Gasteiger partial charge in [0.2, 0.25) is 0 Å². The van der Waals surface area contributed by atoms with Crippen LogP contribution in [0.2, 0.25) is 0 Å². The second kappa shape index (κ2) is 23.2. The predicted molar refractivity (Wildman–Crippen MR) is 318 cm³/mol. The first kappa shape index (κ1) is 56.3. The highest BCUT2D eigenvalue weighted by molar-refractivity contribution is 5.90. The first-order valence-electron chi connectivity index (χ1n) is 31.7. The van der Waals surface area contributed by atoms with Crippen LogP contribution in [-0.2, 0) is 48.7 Å². The Hall–Kier alpha value is -5.85. The molecule has 6 aliphatic carbocycles. The van der Waals surface area contributed by atoms with Gasteiger partial charge in [-0.15, -0.1) is 0 Å². The van der Waals surface area contributed by atoms with Crippen LogP contribution in [-0.4, -0.2) is 65.9 Å². The number of carbonyl (C=O) groups is 2. The average Bonchev–Trinajstić information content (AvgIpc) is 2.31. The van der Waals surface area contributed by atoms with Gasteiger partial charge >= 0.3 is 17.6 Å². The minimum Gasteiger partial charge on any atom is -0.482 e. The number of ether oxygens (including phenoxy) is 4. The van der Waals surface area contributed by atoms with Crippen molar-refractivity contribution in [2.24, 2.45) is 29.1 Å². The molecule has 4 saturated carbocycles. The van der Waals surface area contributed by atoms with Crippen LogP contribution in [0.15, 0.2) is 117 Å². The van der Waals surface area contributed by atoms with Gasteiger partial charge in [-0.25, -0.2) is 9.59 Å². The fourth-order valence-electron chi connectivity index (χ4n) is 18.4. The van der Waals surface area contributed by atoms with Gasteiger partial charge in [-0.1, -0.05) is 111 Å². The van der Waals surface area contributed by atoms with Gasteiger partial charge in [0.1, 0.15) is 11.3 Å². The van der Waals surface area contributed by atoms with E-state index < -0.39 is 47.9 Å². The van der Waals surface area contributed by atoms with Gasteiger partial charge in [0, 0.05) is 60.3 Å². The molecule has 3 N–H and O–H groups in total. The van der Waals surface area contributed by atoms with Crippen molar-refractivity contribution in [3.63, 3.8) is 0 Å². The van der Waals surface area contributed by atoms with E-state index >= 15 is 9.59 Å². The molecule has 0 saturated heterocycles. The normalized spacial score (nSPS) is 31.1. The van der Waals surface area contributed by atoms with E-state index in [-0.39, 0.29) is 89.8 Å². The molecule has 2 bridgehead atoms. The largest absolute Gasteiger partial charge is 0.482 e. The minimum atomic E-state index is -1.31. The Morgan fingerprint density at radius 1 is 0.807 bits per heavy atom. The highest BCUT2D eigenvalue weighted by Gasteiger charge is 2.63. The van der Waals surface area contributed by atoms with Crippen LogP contribution in [0, 0.1) is 29.1 Å². The van der Waals surface area contributed by atoms with Crippen molar-refractivity contribution in [3.05, 3.63) is 169 Å². The molecule has 438 valence electrons. The van der Waals surface area contributed by atoms with Crippen molar-refractivity contribution in [1.29, 1.82) is 0 Å². The lowest BCUT2D eigenvalue weighted by atomic mass is 9.54. The summed E-state index contributed by atoms with van der Waals surface area (Å²) in [7, 11) is 1.53. The Morgan fingerprint density at radius 2 is 1.64 bits per heavy atom. The third-order valence-corrected chi connectivity index (χ3v) is 22.4. The van der Waals surface area contributed by atoms with E-state index in [1.807, 2.05) is 6.07 Å². The number of methoxy groups -OCH3 is 1. The van der Waals surface area contributed by atoms with E-state index in [0.717, 1.165) is 82.6 Å². The second-order valence-electron chi connectivity index (χ2n) is 26.6. The summed E-state index contributed by atoms with van der Waals surface area (Å²) in [5.41, 5.74) is 7.88. The first-order chi connectivity index (χ1) is 40.5. The van der Waals surface area contributed by atoms with Crippen LogP contribution in [0.4, 0.5) is 0 Å². The number of carbonyl (C=O) groups excluding carboxylic acids is 2. The van der Waals surface area contributed by atoms with E-state index in [1.54, 1.807) is 13.0 Å². The summed E-state index contributed by atoms with van der Waals surface area (Å²) in [5, 5.41) is 32.7. The Labute approximate surface area is 488 Å². The average molecular weight is 1130 g/mol. The highest BCUT2D eigenvalue weighted by Crippen LogP contribution is 2.62. The van der Waals surface area contributed by atoms with Crippen LogP contribution in [0.1, 0.15) is 203 Å². The third-order valence-electron chi connectivity index (χ3n) is 22.4. The van der Waals surface area contributed by atoms with Crippen LogP contribution in [0.3, 0.4) is 0 Å². The van der Waals surface area contributed by atoms with Gasteiger partial charge in [0.05, 0.1) is 25.4 Å². The monoisotopic (exact) mass is 1120 g/mol. The molecule has 0 amide bonds. The molecule has 4 fully saturated rings. The highest BCUT2D eigenvalue weighted by atomic mass is 16.6. The van der Waals surface area contributed by atoms with E-state index in [0.29, 0.717) is 53.0 Å². The molecule has 9 aliphatic rings. The predicted octanol–water partition coefficient (Wildman–Crippen LogP) is 13.4. The van der Waals surface area contributed by atoms with E-state index in [4.69, 9.17) is 23.4 Å². The van der Waals surface area contributed by atoms with Gasteiger partial charge in [-0.2, -0.15) is 0 Å². The number of aliphatic hydroxyl groups is 3. The SMILES string of the molecule is COC[C@@H](CCO)c1c(CO)c2ccc3c(c2oc1=O)[C@H]1OC(=O)C[C@@H]2C[C@H](c4cccc([C@@]56CCCC[C@@H]5CCc5ccccc56)c4)CC[C@@H]2c2ccc(cc2)CC/C(=C(\C)CO)C(=O)O[C@@H]1[C@@]1(CC=C[C@@H]2CCC4(CCCC4)C[C@H]21)O3. The van der Waals surface area contributed by atoms with Crippen LogP contribution in [0.5, 0.6) is 5.75 Å². The number of esters is 2. The number of rotatable bonds is 9. The van der Waals surface area contributed by atoms with Crippen molar-refractivity contribution in [1.82, 2.24) is 0 Å². The fraction of sp³-hybridized carbons (Fsp3) is 0.542. The topological polar surface area (TPSA) is 162 Å². The molecule has 14 rings (SSSR count). The number of hydrogen-bond acceptors (Lipinski definition) is 11. The van der Waals surface area contributed by atoms with Crippen LogP contribution < -0.4 is 10.4 Å². The lowest BCUT2D eigenvalue weighted by Crippen LogP contribution is -2.63. The molecule has 2 spiro atoms. The molecule has 4 heterocycles. The number of allylic oxidation sites excluding steroid dienone is 1. The fourth-order valence-corrected chi connectivity index (χ4v) is 18.4. The molecule has 4 aromatic carbocycles. The molecular formula is C72H84O11. The maximum Gasteiger partial charge on any atom is 0.340 e. The second-order valence-corrected chi connectivity index (χ2v) is 26.6. The summed E-state index contributed by atoms with van der Waals surface area (Å²) < 4.78 is 34.0. The van der Waals surface area contributed by atoms with E-state index in [1.165, 1.54) is 60.6 Å². The van der Waals surface area contributed by atoms with Crippen molar-refractivity contribution >= 4 is 22.9 Å². The van der Waals surface area contributed by atoms with Gasteiger partial charge in [-0.3, -0.25) is 4.79 Å². The molecule has 1 aromatic heterocycles. The number of benzene rings is 4. The number of fused-ring (bicyclic) bond motifs is 16. The van der Waals surface area contributed by atoms with Gasteiger partial charge in [0.25, 0.3) is 0 Å². The summed E-state index contributed by atoms with van der Waals surface area (Å²) >= 11 is 0. The van der Waals surface area contributed by atoms with Gasteiger partial charge in [-0.05, 0) is 195 Å². The zero-order valence-electron chi connectivity index (χ0n) is 48.7. The smallest absolute Gasteiger partial charge is 0.340 e. The molecule has 11 nitrogen and oxygen atoms in total. The first-order valence-corrected chi connectivity index (χ1v) is 31.7. The van der Waals surface area contributed by atoms with Crippen molar-refractivity contribution < 1.29 is 48.3 Å². The number of aryl methyl sites for hydroxylation is 2. The van der Waals surface area contributed by atoms with Crippen LogP contribution >= 0.6 is 0 Å². The van der Waals surface area contributed by atoms with Crippen LogP contribution in [0.25, 0.3) is 11.0 Å². The third kappa shape index (κ3) is 9.95. The summed E-state index contributed by atoms with van der Waals surface area (Å²) in [6.45, 7) is 0.776. The lowest BCUT2D eigenvalue weighted by molar-refractivity contribution is -0.212. The summed E-state index contributed by atoms with van der Waals surface area (Å²) in [6.07, 6.45) is 20.7. The quantitative estimate of drug-likeness (QED) is 0.0557. The Bertz CT molecular complexity index is 3360. The molecule has 83 heavy (non-hydrogen) atoms. The van der Waals surface area contributed by atoms with E-state index in [2.05, 4.69) is 84.9 Å². The summed E-state index contributed by atoms with van der Waals surface area (Å²) in [5.74, 6) is -0.563. The molecule has 0 radical (unpaired) electrons. The molecule has 0 unspecified atom stereocenters. The number of aliphatic hydroxyl groups excluding tert-OH is 3.